The number of carbonyl (C=O) groups excluding carboxylic acids is 3. The topological polar surface area (TPSA) is 135 Å². The first-order valence-electron chi connectivity index (χ1n) is 10.1. The average Bonchev–Trinajstić information content (AvgIpc) is 2.81. The number of likely N-dealkylation sites (tertiary alicyclic amines) is 1. The lowest BCUT2D eigenvalue weighted by Crippen LogP contribution is -2.43. The molecule has 170 valence electrons. The van der Waals surface area contributed by atoms with Crippen LogP contribution in [0.1, 0.15) is 46.4 Å². The fourth-order valence-electron chi connectivity index (χ4n) is 3.62. The molecule has 4 N–H and O–H groups in total. The van der Waals surface area contributed by atoms with E-state index >= 15 is 0 Å². The molecule has 0 bridgehead atoms. The number of carbonyl (C=O) groups is 3. The number of piperidine rings is 1. The van der Waals surface area contributed by atoms with Crippen LogP contribution in [-0.4, -0.2) is 59.5 Å². The van der Waals surface area contributed by atoms with E-state index in [0.717, 1.165) is 5.56 Å². The van der Waals surface area contributed by atoms with Gasteiger partial charge in [-0.2, -0.15) is 0 Å². The maximum Gasteiger partial charge on any atom is 0.325 e. The number of halogens is 1. The summed E-state index contributed by atoms with van der Waals surface area (Å²) < 4.78 is 4.46. The van der Waals surface area contributed by atoms with Gasteiger partial charge in [-0.25, -0.2) is 4.98 Å². The molecule has 2 aromatic rings. The van der Waals surface area contributed by atoms with Crippen LogP contribution in [0.2, 0.25) is 5.02 Å². The number of benzene rings is 1. The van der Waals surface area contributed by atoms with Crippen LogP contribution in [0.3, 0.4) is 0 Å². The smallest absolute Gasteiger partial charge is 0.325 e. The molecule has 3 rings (SSSR count). The number of rotatable bonds is 6. The molecule has 2 heterocycles. The molecule has 1 unspecified atom stereocenters. The van der Waals surface area contributed by atoms with Crippen molar-refractivity contribution in [1.82, 2.24) is 15.2 Å². The number of methoxy groups -OCH3 is 1. The number of hydrogen-bond acceptors (Lipinski definition) is 7. The lowest BCUT2D eigenvalue weighted by molar-refractivity contribution is -0.139. The van der Waals surface area contributed by atoms with Gasteiger partial charge in [0.25, 0.3) is 5.91 Å². The summed E-state index contributed by atoms with van der Waals surface area (Å²) in [5.74, 6) is -1.61. The van der Waals surface area contributed by atoms with E-state index in [1.165, 1.54) is 19.4 Å². The highest BCUT2D eigenvalue weighted by atomic mass is 35.5. The standard InChI is InChI=1S/C22H25ClN4O5/c1-32-18(29)12-26-21(30)20-17(28)10-15(11-25-20)13-6-8-27(9-7-13)22(31)19(24)14-2-4-16(23)5-3-14/h2-5,10-11,13,19,28H,6-9,12,24H2,1H3,(H,26,30). The minimum atomic E-state index is -0.752. The lowest BCUT2D eigenvalue weighted by atomic mass is 9.89. The summed E-state index contributed by atoms with van der Waals surface area (Å²) in [6.45, 7) is 0.725. The Labute approximate surface area is 190 Å². The molecule has 9 nitrogen and oxygen atoms in total. The first kappa shape index (κ1) is 23.5. The number of nitrogens with one attached hydrogen (secondary N) is 1. The lowest BCUT2D eigenvalue weighted by Gasteiger charge is -2.33. The molecule has 32 heavy (non-hydrogen) atoms. The Morgan fingerprint density at radius 2 is 1.94 bits per heavy atom. The van der Waals surface area contributed by atoms with Gasteiger partial charge in [-0.3, -0.25) is 14.4 Å². The fraction of sp³-hybridized carbons (Fsp3) is 0.364. The Balaban J connectivity index is 1.58. The van der Waals surface area contributed by atoms with Crippen molar-refractivity contribution in [2.45, 2.75) is 24.8 Å². The van der Waals surface area contributed by atoms with Crippen molar-refractivity contribution < 1.29 is 24.2 Å². The highest BCUT2D eigenvalue weighted by molar-refractivity contribution is 6.30. The van der Waals surface area contributed by atoms with Crippen molar-refractivity contribution in [2.24, 2.45) is 5.73 Å². The minimum absolute atomic E-state index is 0.0800. The molecule has 1 atom stereocenters. The van der Waals surface area contributed by atoms with Crippen molar-refractivity contribution in [3.63, 3.8) is 0 Å². The van der Waals surface area contributed by atoms with Gasteiger partial charge in [-0.05, 0) is 48.1 Å². The molecule has 1 fully saturated rings. The predicted molar refractivity (Wildman–Crippen MR) is 117 cm³/mol. The molecule has 1 aliphatic rings. The van der Waals surface area contributed by atoms with Gasteiger partial charge in [0, 0.05) is 24.3 Å². The van der Waals surface area contributed by atoms with Crippen LogP contribution >= 0.6 is 11.6 Å². The number of nitrogens with two attached hydrogens (primary N) is 1. The normalized spacial score (nSPS) is 15.2. The first-order valence-corrected chi connectivity index (χ1v) is 10.5. The van der Waals surface area contributed by atoms with Gasteiger partial charge < -0.3 is 25.8 Å². The van der Waals surface area contributed by atoms with Gasteiger partial charge in [0.2, 0.25) is 5.91 Å². The number of ether oxygens (including phenoxy) is 1. The van der Waals surface area contributed by atoms with Gasteiger partial charge in [0.15, 0.2) is 5.69 Å². The van der Waals surface area contributed by atoms with Crippen molar-refractivity contribution in [3.8, 4) is 5.75 Å². The van der Waals surface area contributed by atoms with Gasteiger partial charge in [-0.15, -0.1) is 0 Å². The molecule has 0 spiro atoms. The Hall–Kier alpha value is -3.17. The number of amides is 2. The number of aromatic nitrogens is 1. The summed E-state index contributed by atoms with van der Waals surface area (Å²) in [5, 5.41) is 13.2. The second-order valence-electron chi connectivity index (χ2n) is 7.52. The quantitative estimate of drug-likeness (QED) is 0.559. The minimum Gasteiger partial charge on any atom is -0.505 e. The molecule has 1 saturated heterocycles. The van der Waals surface area contributed by atoms with Crippen LogP contribution in [-0.2, 0) is 14.3 Å². The third-order valence-electron chi connectivity index (χ3n) is 5.50. The Morgan fingerprint density at radius 1 is 1.28 bits per heavy atom. The van der Waals surface area contributed by atoms with E-state index in [2.05, 4.69) is 15.0 Å². The van der Waals surface area contributed by atoms with Crippen molar-refractivity contribution >= 4 is 29.4 Å². The monoisotopic (exact) mass is 460 g/mol. The summed E-state index contributed by atoms with van der Waals surface area (Å²) in [7, 11) is 1.21. The molecule has 2 amide bonds. The van der Waals surface area contributed by atoms with Crippen LogP contribution in [0.4, 0.5) is 0 Å². The Morgan fingerprint density at radius 3 is 2.53 bits per heavy atom. The zero-order valence-electron chi connectivity index (χ0n) is 17.6. The van der Waals surface area contributed by atoms with E-state index in [1.54, 1.807) is 29.2 Å². The van der Waals surface area contributed by atoms with E-state index in [1.807, 2.05) is 0 Å². The summed E-state index contributed by atoms with van der Waals surface area (Å²) in [6, 6.07) is 7.65. The van der Waals surface area contributed by atoms with E-state index in [4.69, 9.17) is 17.3 Å². The molecular formula is C22H25ClN4O5. The van der Waals surface area contributed by atoms with E-state index in [9.17, 15) is 19.5 Å². The molecule has 0 radical (unpaired) electrons. The van der Waals surface area contributed by atoms with Crippen LogP contribution in [0.25, 0.3) is 0 Å². The predicted octanol–water partition coefficient (Wildman–Crippen LogP) is 1.75. The molecule has 0 aliphatic carbocycles. The van der Waals surface area contributed by atoms with Crippen LogP contribution in [0, 0.1) is 0 Å². The summed E-state index contributed by atoms with van der Waals surface area (Å²) in [6.07, 6.45) is 2.89. The van der Waals surface area contributed by atoms with Crippen molar-refractivity contribution in [1.29, 1.82) is 0 Å². The van der Waals surface area contributed by atoms with E-state index < -0.39 is 17.9 Å². The highest BCUT2D eigenvalue weighted by Crippen LogP contribution is 2.31. The molecule has 1 aromatic heterocycles. The highest BCUT2D eigenvalue weighted by Gasteiger charge is 2.28. The third kappa shape index (κ3) is 5.54. The number of aromatic hydroxyl groups is 1. The van der Waals surface area contributed by atoms with Gasteiger partial charge in [0.05, 0.1) is 7.11 Å². The van der Waals surface area contributed by atoms with Gasteiger partial charge in [0.1, 0.15) is 18.3 Å². The Kier molecular flexibility index (Phi) is 7.66. The van der Waals surface area contributed by atoms with Crippen LogP contribution < -0.4 is 11.1 Å². The molecule has 10 heteroatoms. The SMILES string of the molecule is COC(=O)CNC(=O)c1ncc(C2CCN(C(=O)C(N)c3ccc(Cl)cc3)CC2)cc1O. The zero-order valence-corrected chi connectivity index (χ0v) is 18.3. The second-order valence-corrected chi connectivity index (χ2v) is 7.96. The number of pyridine rings is 1. The van der Waals surface area contributed by atoms with Crippen LogP contribution in [0.5, 0.6) is 5.75 Å². The summed E-state index contributed by atoms with van der Waals surface area (Å²) >= 11 is 5.89. The Bertz CT molecular complexity index is 990. The van der Waals surface area contributed by atoms with Crippen LogP contribution in [0.15, 0.2) is 36.5 Å². The zero-order chi connectivity index (χ0) is 23.3. The second kappa shape index (κ2) is 10.4. The van der Waals surface area contributed by atoms with E-state index in [0.29, 0.717) is 36.5 Å². The first-order chi connectivity index (χ1) is 15.3. The summed E-state index contributed by atoms with van der Waals surface area (Å²) in [5.41, 5.74) is 7.45. The van der Waals surface area contributed by atoms with Gasteiger partial charge in [-0.1, -0.05) is 23.7 Å². The fourth-order valence-corrected chi connectivity index (χ4v) is 3.74. The molecule has 0 saturated carbocycles. The molecule has 1 aromatic carbocycles. The summed E-state index contributed by atoms with van der Waals surface area (Å²) in [4.78, 5) is 41.8. The maximum absolute atomic E-state index is 12.8. The molecular weight excluding hydrogens is 436 g/mol. The molecule has 1 aliphatic heterocycles. The van der Waals surface area contributed by atoms with E-state index in [-0.39, 0.29) is 29.8 Å². The number of esters is 1. The van der Waals surface area contributed by atoms with Gasteiger partial charge >= 0.3 is 5.97 Å². The largest absolute Gasteiger partial charge is 0.505 e. The van der Waals surface area contributed by atoms with Crippen molar-refractivity contribution in [3.05, 3.63) is 58.4 Å². The average molecular weight is 461 g/mol. The third-order valence-corrected chi connectivity index (χ3v) is 5.75. The number of nitrogens with zero attached hydrogens (tertiary/aromatic N) is 2. The van der Waals surface area contributed by atoms with Crippen molar-refractivity contribution in [2.75, 3.05) is 26.7 Å². The number of hydrogen-bond donors (Lipinski definition) is 3. The maximum atomic E-state index is 12.8.